The van der Waals surface area contributed by atoms with Crippen molar-refractivity contribution in [3.05, 3.63) is 53.8 Å². The molecule has 1 aromatic heterocycles. The number of carbonyl (C=O) groups is 1. The van der Waals surface area contributed by atoms with E-state index >= 15 is 0 Å². The van der Waals surface area contributed by atoms with E-state index in [1.54, 1.807) is 17.0 Å². The molecule has 0 unspecified atom stereocenters. The molecule has 0 spiro atoms. The average molecular weight is 385 g/mol. The van der Waals surface area contributed by atoms with Crippen molar-refractivity contribution in [1.82, 2.24) is 9.88 Å². The fourth-order valence-corrected chi connectivity index (χ4v) is 4.27. The van der Waals surface area contributed by atoms with Crippen LogP contribution < -0.4 is 9.64 Å². The van der Waals surface area contributed by atoms with Crippen LogP contribution in [0.2, 0.25) is 0 Å². The zero-order chi connectivity index (χ0) is 18.8. The predicted octanol–water partition coefficient (Wildman–Crippen LogP) is 3.68. The second kappa shape index (κ2) is 7.62. The first kappa shape index (κ1) is 17.9. The van der Waals surface area contributed by atoms with Crippen molar-refractivity contribution in [2.24, 2.45) is 0 Å². The first-order valence-electron chi connectivity index (χ1n) is 8.94. The van der Waals surface area contributed by atoms with Gasteiger partial charge in [-0.15, -0.1) is 0 Å². The van der Waals surface area contributed by atoms with Crippen LogP contribution in [0.3, 0.4) is 0 Å². The second-order valence-corrected chi connectivity index (χ2v) is 7.39. The van der Waals surface area contributed by atoms with Gasteiger partial charge in [-0.2, -0.15) is 0 Å². The van der Waals surface area contributed by atoms with Gasteiger partial charge in [0.25, 0.3) is 0 Å². The SMILES string of the molecule is CCN(C(=O)CN1CCOc2cccc(F)c2C1)c1nc2ccccc2s1. The van der Waals surface area contributed by atoms with E-state index in [9.17, 15) is 9.18 Å². The number of likely N-dealkylation sites (N-methyl/N-ethyl adjacent to an activating group) is 1. The number of benzene rings is 2. The van der Waals surface area contributed by atoms with Gasteiger partial charge in [-0.3, -0.25) is 14.6 Å². The third-order valence-corrected chi connectivity index (χ3v) is 5.67. The van der Waals surface area contributed by atoms with Gasteiger partial charge in [-0.1, -0.05) is 29.5 Å². The molecule has 1 aliphatic heterocycles. The number of halogens is 1. The number of hydrogen-bond donors (Lipinski definition) is 0. The van der Waals surface area contributed by atoms with E-state index in [-0.39, 0.29) is 18.3 Å². The van der Waals surface area contributed by atoms with Gasteiger partial charge in [0.1, 0.15) is 18.2 Å². The highest BCUT2D eigenvalue weighted by Gasteiger charge is 2.24. The molecule has 140 valence electrons. The molecular weight excluding hydrogens is 365 g/mol. The number of para-hydroxylation sites is 1. The lowest BCUT2D eigenvalue weighted by atomic mass is 10.2. The van der Waals surface area contributed by atoms with Gasteiger partial charge in [-0.25, -0.2) is 9.37 Å². The molecule has 0 atom stereocenters. The number of nitrogens with zero attached hydrogens (tertiary/aromatic N) is 3. The van der Waals surface area contributed by atoms with Crippen molar-refractivity contribution in [2.45, 2.75) is 13.5 Å². The van der Waals surface area contributed by atoms with Crippen LogP contribution in [0.5, 0.6) is 5.75 Å². The quantitative estimate of drug-likeness (QED) is 0.687. The summed E-state index contributed by atoms with van der Waals surface area (Å²) < 4.78 is 20.8. The Bertz CT molecular complexity index is 942. The molecule has 7 heteroatoms. The number of aromatic nitrogens is 1. The van der Waals surface area contributed by atoms with E-state index in [0.717, 1.165) is 10.2 Å². The monoisotopic (exact) mass is 385 g/mol. The molecule has 1 amide bonds. The topological polar surface area (TPSA) is 45.7 Å². The van der Waals surface area contributed by atoms with Gasteiger partial charge in [0.15, 0.2) is 5.13 Å². The van der Waals surface area contributed by atoms with Crippen molar-refractivity contribution in [3.63, 3.8) is 0 Å². The first-order chi connectivity index (χ1) is 13.2. The highest BCUT2D eigenvalue weighted by atomic mass is 32.1. The minimum absolute atomic E-state index is 0.0451. The van der Waals surface area contributed by atoms with E-state index in [0.29, 0.717) is 42.7 Å². The van der Waals surface area contributed by atoms with Crippen LogP contribution in [0.15, 0.2) is 42.5 Å². The van der Waals surface area contributed by atoms with Gasteiger partial charge >= 0.3 is 0 Å². The van der Waals surface area contributed by atoms with Gasteiger partial charge < -0.3 is 4.74 Å². The molecule has 0 fully saturated rings. The predicted molar refractivity (Wildman–Crippen MR) is 105 cm³/mol. The number of ether oxygens (including phenoxy) is 1. The van der Waals surface area contributed by atoms with Crippen molar-refractivity contribution in [1.29, 1.82) is 0 Å². The van der Waals surface area contributed by atoms with Crippen molar-refractivity contribution >= 4 is 32.6 Å². The molecule has 3 aromatic rings. The van der Waals surface area contributed by atoms with Crippen LogP contribution in [0.1, 0.15) is 12.5 Å². The fraction of sp³-hybridized carbons (Fsp3) is 0.300. The maximum atomic E-state index is 14.2. The Morgan fingerprint density at radius 1 is 1.30 bits per heavy atom. The molecule has 0 saturated carbocycles. The largest absolute Gasteiger partial charge is 0.492 e. The fourth-order valence-electron chi connectivity index (χ4n) is 3.22. The summed E-state index contributed by atoms with van der Waals surface area (Å²) in [6.45, 7) is 4.01. The molecule has 27 heavy (non-hydrogen) atoms. The number of anilines is 1. The normalized spacial score (nSPS) is 14.4. The van der Waals surface area contributed by atoms with Crippen molar-refractivity contribution in [2.75, 3.05) is 31.1 Å². The molecule has 0 aliphatic carbocycles. The minimum Gasteiger partial charge on any atom is -0.492 e. The molecule has 2 heterocycles. The Balaban J connectivity index is 1.52. The summed E-state index contributed by atoms with van der Waals surface area (Å²) in [5, 5.41) is 0.696. The van der Waals surface area contributed by atoms with Crippen LogP contribution in [0.4, 0.5) is 9.52 Å². The van der Waals surface area contributed by atoms with E-state index in [4.69, 9.17) is 4.74 Å². The minimum atomic E-state index is -0.301. The van der Waals surface area contributed by atoms with E-state index in [2.05, 4.69) is 4.98 Å². The summed E-state index contributed by atoms with van der Waals surface area (Å²) in [6, 6.07) is 12.7. The van der Waals surface area contributed by atoms with Crippen LogP contribution in [-0.2, 0) is 11.3 Å². The van der Waals surface area contributed by atoms with Crippen molar-refractivity contribution in [3.8, 4) is 5.75 Å². The number of amides is 1. The lowest BCUT2D eigenvalue weighted by Crippen LogP contribution is -2.41. The van der Waals surface area contributed by atoms with Gasteiger partial charge in [0.05, 0.1) is 16.8 Å². The summed E-state index contributed by atoms with van der Waals surface area (Å²) in [5.41, 5.74) is 1.40. The average Bonchev–Trinajstić information content (AvgIpc) is 2.97. The summed E-state index contributed by atoms with van der Waals surface area (Å²) in [7, 11) is 0. The van der Waals surface area contributed by atoms with E-state index in [1.807, 2.05) is 36.1 Å². The van der Waals surface area contributed by atoms with E-state index in [1.165, 1.54) is 17.4 Å². The smallest absolute Gasteiger partial charge is 0.242 e. The van der Waals surface area contributed by atoms with Crippen LogP contribution in [0.25, 0.3) is 10.2 Å². The highest BCUT2D eigenvalue weighted by Crippen LogP contribution is 2.29. The lowest BCUT2D eigenvalue weighted by molar-refractivity contribution is -0.119. The maximum Gasteiger partial charge on any atom is 0.242 e. The van der Waals surface area contributed by atoms with Gasteiger partial charge in [-0.05, 0) is 31.2 Å². The number of rotatable bonds is 4. The summed E-state index contributed by atoms with van der Waals surface area (Å²) in [4.78, 5) is 21.1. The molecule has 0 radical (unpaired) electrons. The number of fused-ring (bicyclic) bond motifs is 2. The molecule has 5 nitrogen and oxygen atoms in total. The standard InChI is InChI=1S/C20H20FN3O2S/c1-2-24(20-22-16-7-3-4-9-18(16)27-20)19(25)13-23-10-11-26-17-8-5-6-15(21)14(17)12-23/h3-9H,2,10-13H2,1H3. The van der Waals surface area contributed by atoms with Crippen LogP contribution in [-0.4, -0.2) is 42.0 Å². The number of hydrogen-bond acceptors (Lipinski definition) is 5. The number of carbonyl (C=O) groups excluding carboxylic acids is 1. The molecule has 1 aliphatic rings. The van der Waals surface area contributed by atoms with E-state index < -0.39 is 0 Å². The zero-order valence-corrected chi connectivity index (χ0v) is 15.8. The molecule has 0 bridgehead atoms. The first-order valence-corrected chi connectivity index (χ1v) is 9.76. The Labute approximate surface area is 161 Å². The van der Waals surface area contributed by atoms with Gasteiger partial charge in [0.2, 0.25) is 5.91 Å². The molecular formula is C20H20FN3O2S. The Morgan fingerprint density at radius 3 is 2.96 bits per heavy atom. The van der Waals surface area contributed by atoms with Crippen LogP contribution in [0, 0.1) is 5.82 Å². The van der Waals surface area contributed by atoms with Crippen molar-refractivity contribution < 1.29 is 13.9 Å². The molecule has 0 N–H and O–H groups in total. The lowest BCUT2D eigenvalue weighted by Gasteiger charge is -2.23. The summed E-state index contributed by atoms with van der Waals surface area (Å²) >= 11 is 1.51. The zero-order valence-electron chi connectivity index (χ0n) is 15.0. The molecule has 2 aromatic carbocycles. The third-order valence-electron chi connectivity index (χ3n) is 4.61. The maximum absolute atomic E-state index is 14.2. The molecule has 4 rings (SSSR count). The number of thiazole rings is 1. The summed E-state index contributed by atoms with van der Waals surface area (Å²) in [6.07, 6.45) is 0. The Hall–Kier alpha value is -2.51. The Kier molecular flexibility index (Phi) is 5.05. The Morgan fingerprint density at radius 2 is 2.15 bits per heavy atom. The van der Waals surface area contributed by atoms with Gasteiger partial charge in [0, 0.05) is 25.2 Å². The highest BCUT2D eigenvalue weighted by molar-refractivity contribution is 7.22. The third kappa shape index (κ3) is 3.65. The summed E-state index contributed by atoms with van der Waals surface area (Å²) in [5.74, 6) is 0.213. The second-order valence-electron chi connectivity index (χ2n) is 6.38. The molecule has 0 saturated heterocycles. The van der Waals surface area contributed by atoms with Crippen LogP contribution >= 0.6 is 11.3 Å².